The van der Waals surface area contributed by atoms with Crippen LogP contribution in [0.5, 0.6) is 0 Å². The highest BCUT2D eigenvalue weighted by Crippen LogP contribution is 2.74. The van der Waals surface area contributed by atoms with Gasteiger partial charge in [0.15, 0.2) is 0 Å². The normalized spacial score (nSPS) is 56.5. The van der Waals surface area contributed by atoms with E-state index in [1.807, 2.05) is 0 Å². The summed E-state index contributed by atoms with van der Waals surface area (Å²) in [5.74, 6) is 0. The molecule has 1 N–H and O–H groups in total. The molecule has 4 aliphatic rings. The van der Waals surface area contributed by atoms with Gasteiger partial charge in [-0.2, -0.15) is 0 Å². The van der Waals surface area contributed by atoms with Gasteiger partial charge < -0.3 is 5.11 Å². The van der Waals surface area contributed by atoms with Crippen LogP contribution in [0, 0.1) is 21.7 Å². The lowest BCUT2D eigenvalue weighted by atomic mass is 9.36. The van der Waals surface area contributed by atoms with Gasteiger partial charge in [-0.05, 0) is 73.0 Å². The maximum absolute atomic E-state index is 9.16. The third-order valence-corrected chi connectivity index (χ3v) is 5.83. The van der Waals surface area contributed by atoms with Gasteiger partial charge in [0.25, 0.3) is 0 Å². The molecule has 1 nitrogen and oxygen atoms in total. The van der Waals surface area contributed by atoms with Crippen molar-refractivity contribution >= 4 is 0 Å². The summed E-state index contributed by atoms with van der Waals surface area (Å²) < 4.78 is 0. The SMILES string of the molecule is CC12CC3(C)CC(C)(C1)CC(CCCO)(C2)C3. The van der Waals surface area contributed by atoms with Crippen LogP contribution >= 0.6 is 0 Å². The quantitative estimate of drug-likeness (QED) is 0.780. The van der Waals surface area contributed by atoms with Gasteiger partial charge in [-0.3, -0.25) is 0 Å². The predicted octanol–water partition coefficient (Wildman–Crippen LogP) is 4.15. The Kier molecular flexibility index (Phi) is 2.32. The molecule has 0 saturated heterocycles. The zero-order valence-corrected chi connectivity index (χ0v) is 11.8. The summed E-state index contributed by atoms with van der Waals surface area (Å²) in [6, 6.07) is 0. The molecule has 0 amide bonds. The molecule has 98 valence electrons. The second-order valence-corrected chi connectivity index (χ2v) is 8.82. The predicted molar refractivity (Wildman–Crippen MR) is 70.8 cm³/mol. The fourth-order valence-corrected chi connectivity index (χ4v) is 7.28. The van der Waals surface area contributed by atoms with Crippen molar-refractivity contribution in [2.45, 2.75) is 72.1 Å². The molecule has 0 spiro atoms. The summed E-state index contributed by atoms with van der Waals surface area (Å²) in [6.07, 6.45) is 11.0. The summed E-state index contributed by atoms with van der Waals surface area (Å²) >= 11 is 0. The first-order valence-electron chi connectivity index (χ1n) is 7.41. The smallest absolute Gasteiger partial charge is 0.0431 e. The van der Waals surface area contributed by atoms with Crippen LogP contribution in [-0.4, -0.2) is 11.7 Å². The Morgan fingerprint density at radius 1 is 0.765 bits per heavy atom. The lowest BCUT2D eigenvalue weighted by molar-refractivity contribution is -0.186. The zero-order valence-electron chi connectivity index (χ0n) is 11.8. The summed E-state index contributed by atoms with van der Waals surface area (Å²) in [5.41, 5.74) is 2.39. The van der Waals surface area contributed by atoms with E-state index in [1.54, 1.807) is 0 Å². The van der Waals surface area contributed by atoms with Gasteiger partial charge in [0.1, 0.15) is 0 Å². The first kappa shape index (κ1) is 12.0. The second-order valence-electron chi connectivity index (χ2n) is 8.82. The van der Waals surface area contributed by atoms with Gasteiger partial charge in [-0.15, -0.1) is 0 Å². The van der Waals surface area contributed by atoms with Gasteiger partial charge in [-0.1, -0.05) is 20.8 Å². The van der Waals surface area contributed by atoms with Crippen molar-refractivity contribution in [1.82, 2.24) is 0 Å². The molecule has 1 heteroatoms. The van der Waals surface area contributed by atoms with E-state index in [0.29, 0.717) is 28.3 Å². The van der Waals surface area contributed by atoms with E-state index in [4.69, 9.17) is 5.11 Å². The number of hydrogen-bond donors (Lipinski definition) is 1. The molecular weight excluding hydrogens is 208 g/mol. The summed E-state index contributed by atoms with van der Waals surface area (Å²) in [5, 5.41) is 9.16. The Labute approximate surface area is 106 Å². The summed E-state index contributed by atoms with van der Waals surface area (Å²) in [7, 11) is 0. The molecule has 4 saturated carbocycles. The maximum atomic E-state index is 9.16. The third kappa shape index (κ3) is 1.85. The van der Waals surface area contributed by atoms with Crippen LogP contribution in [0.4, 0.5) is 0 Å². The number of aliphatic hydroxyl groups is 1. The van der Waals surface area contributed by atoms with E-state index >= 15 is 0 Å². The van der Waals surface area contributed by atoms with Crippen LogP contribution in [0.1, 0.15) is 72.1 Å². The third-order valence-electron chi connectivity index (χ3n) is 5.83. The molecule has 0 aromatic rings. The van der Waals surface area contributed by atoms with Crippen molar-refractivity contribution in [3.63, 3.8) is 0 Å². The topological polar surface area (TPSA) is 20.2 Å². The molecule has 4 rings (SSSR count). The van der Waals surface area contributed by atoms with Gasteiger partial charge in [0.05, 0.1) is 0 Å². The largest absolute Gasteiger partial charge is 0.396 e. The Morgan fingerprint density at radius 2 is 1.18 bits per heavy atom. The fraction of sp³-hybridized carbons (Fsp3) is 1.00. The van der Waals surface area contributed by atoms with Crippen LogP contribution < -0.4 is 0 Å². The van der Waals surface area contributed by atoms with Crippen molar-refractivity contribution in [2.24, 2.45) is 21.7 Å². The second kappa shape index (κ2) is 3.29. The fourth-order valence-electron chi connectivity index (χ4n) is 7.28. The molecule has 17 heavy (non-hydrogen) atoms. The van der Waals surface area contributed by atoms with E-state index in [9.17, 15) is 0 Å². The molecule has 0 aromatic carbocycles. The standard InChI is InChI=1S/C16H28O/c1-13-7-14(2)9-15(3,8-13)12-16(10-13,11-14)5-4-6-17/h17H,4-12H2,1-3H3. The Balaban J connectivity index is 1.93. The van der Waals surface area contributed by atoms with Crippen LogP contribution in [0.3, 0.4) is 0 Å². The average Bonchev–Trinajstić information content (AvgIpc) is 2.06. The maximum Gasteiger partial charge on any atom is 0.0431 e. The van der Waals surface area contributed by atoms with E-state index in [-0.39, 0.29) is 0 Å². The van der Waals surface area contributed by atoms with E-state index in [1.165, 1.54) is 44.9 Å². The first-order chi connectivity index (χ1) is 7.80. The lowest BCUT2D eigenvalue weighted by Gasteiger charge is -2.69. The highest BCUT2D eigenvalue weighted by atomic mass is 16.2. The highest BCUT2D eigenvalue weighted by molar-refractivity contribution is 5.13. The van der Waals surface area contributed by atoms with Crippen molar-refractivity contribution in [2.75, 3.05) is 6.61 Å². The minimum Gasteiger partial charge on any atom is -0.396 e. The molecule has 0 heterocycles. The first-order valence-corrected chi connectivity index (χ1v) is 7.41. The van der Waals surface area contributed by atoms with Gasteiger partial charge in [0, 0.05) is 6.61 Å². The lowest BCUT2D eigenvalue weighted by Crippen LogP contribution is -2.58. The zero-order chi connectivity index (χ0) is 12.4. The minimum atomic E-state index is 0.381. The van der Waals surface area contributed by atoms with Gasteiger partial charge in [-0.25, -0.2) is 0 Å². The Bertz CT molecular complexity index is 279. The molecule has 0 atom stereocenters. The molecule has 0 aromatic heterocycles. The number of rotatable bonds is 3. The van der Waals surface area contributed by atoms with Crippen LogP contribution in [-0.2, 0) is 0 Å². The summed E-state index contributed by atoms with van der Waals surface area (Å²) in [4.78, 5) is 0. The number of aliphatic hydroxyl groups excluding tert-OH is 1. The molecule has 0 radical (unpaired) electrons. The molecule has 4 bridgehead atoms. The van der Waals surface area contributed by atoms with Gasteiger partial charge in [0.2, 0.25) is 0 Å². The van der Waals surface area contributed by atoms with E-state index < -0.39 is 0 Å². The monoisotopic (exact) mass is 236 g/mol. The molecule has 0 unspecified atom stereocenters. The Morgan fingerprint density at radius 3 is 1.53 bits per heavy atom. The van der Waals surface area contributed by atoms with E-state index in [0.717, 1.165) is 6.42 Å². The summed E-state index contributed by atoms with van der Waals surface area (Å²) in [6.45, 7) is 7.99. The minimum absolute atomic E-state index is 0.381. The average molecular weight is 236 g/mol. The van der Waals surface area contributed by atoms with Gasteiger partial charge >= 0.3 is 0 Å². The van der Waals surface area contributed by atoms with Crippen LogP contribution in [0.25, 0.3) is 0 Å². The molecule has 4 aliphatic carbocycles. The van der Waals surface area contributed by atoms with Crippen molar-refractivity contribution in [1.29, 1.82) is 0 Å². The van der Waals surface area contributed by atoms with Crippen molar-refractivity contribution < 1.29 is 5.11 Å². The van der Waals surface area contributed by atoms with Crippen LogP contribution in [0.2, 0.25) is 0 Å². The molecule has 0 aliphatic heterocycles. The van der Waals surface area contributed by atoms with Crippen molar-refractivity contribution in [3.8, 4) is 0 Å². The molecular formula is C16H28O. The Hall–Kier alpha value is -0.0400. The number of hydrogen-bond acceptors (Lipinski definition) is 1. The van der Waals surface area contributed by atoms with Crippen molar-refractivity contribution in [3.05, 3.63) is 0 Å². The highest BCUT2D eigenvalue weighted by Gasteiger charge is 2.63. The molecule has 4 fully saturated rings. The van der Waals surface area contributed by atoms with E-state index in [2.05, 4.69) is 20.8 Å². The van der Waals surface area contributed by atoms with Crippen LogP contribution in [0.15, 0.2) is 0 Å².